The van der Waals surface area contributed by atoms with Crippen LogP contribution in [0, 0.1) is 10.1 Å². The van der Waals surface area contributed by atoms with E-state index < -0.39 is 22.8 Å². The zero-order chi connectivity index (χ0) is 27.8. The van der Waals surface area contributed by atoms with Crippen molar-refractivity contribution in [3.8, 4) is 5.75 Å². The van der Waals surface area contributed by atoms with Gasteiger partial charge in [-0.25, -0.2) is 9.59 Å². The third-order valence-electron chi connectivity index (χ3n) is 5.68. The average Bonchev–Trinajstić information content (AvgIpc) is 2.86. The molecule has 200 valence electrons. The monoisotopic (exact) mass is 523 g/mol. The minimum absolute atomic E-state index is 0.0285. The van der Waals surface area contributed by atoms with Gasteiger partial charge in [-0.05, 0) is 45.0 Å². The lowest BCUT2D eigenvalue weighted by Crippen LogP contribution is -2.33. The number of amides is 1. The van der Waals surface area contributed by atoms with Crippen LogP contribution in [0.1, 0.15) is 39.2 Å². The maximum atomic E-state index is 13.3. The van der Waals surface area contributed by atoms with Crippen molar-refractivity contribution in [1.29, 1.82) is 0 Å². The molecule has 1 atom stereocenters. The Morgan fingerprint density at radius 2 is 1.55 bits per heavy atom. The average molecular weight is 524 g/mol. The quantitative estimate of drug-likeness (QED) is 0.204. The van der Waals surface area contributed by atoms with E-state index in [1.54, 1.807) is 51.1 Å². The third kappa shape index (κ3) is 6.55. The zero-order valence-corrected chi connectivity index (χ0v) is 21.5. The number of nitro groups is 1. The SMILES string of the molecule is CCOC(=O)C1=C(C)NC(C)=C(C(=O)OCCOc2ccc(NC(C)=O)cc2)[C@H]1c1ccccc1[N+](=O)[O-]. The summed E-state index contributed by atoms with van der Waals surface area (Å²) in [7, 11) is 0. The number of esters is 2. The number of anilines is 1. The number of hydrogen-bond acceptors (Lipinski definition) is 9. The van der Waals surface area contributed by atoms with Crippen LogP contribution in [0.5, 0.6) is 5.75 Å². The second-order valence-electron chi connectivity index (χ2n) is 8.36. The number of nitro benzene ring substituents is 1. The first-order valence-electron chi connectivity index (χ1n) is 11.9. The molecule has 11 nitrogen and oxygen atoms in total. The van der Waals surface area contributed by atoms with Crippen LogP contribution in [0.4, 0.5) is 11.4 Å². The standard InChI is InChI=1S/C27H29N3O8/c1-5-36-26(32)23-16(2)28-17(3)24(25(23)21-8-6-7-9-22(21)30(34)35)27(33)38-15-14-37-20-12-10-19(11-13-20)29-18(4)31/h6-13,25,28H,5,14-15H2,1-4H3,(H,29,31)/t25-/m0/s1. The van der Waals surface area contributed by atoms with Gasteiger partial charge in [-0.2, -0.15) is 0 Å². The zero-order valence-electron chi connectivity index (χ0n) is 21.5. The van der Waals surface area contributed by atoms with E-state index in [0.717, 1.165) is 0 Å². The summed E-state index contributed by atoms with van der Waals surface area (Å²) < 4.78 is 16.3. The van der Waals surface area contributed by atoms with Crippen LogP contribution in [0.15, 0.2) is 71.1 Å². The number of para-hydroxylation sites is 1. The highest BCUT2D eigenvalue weighted by Gasteiger charge is 2.40. The minimum atomic E-state index is -1.08. The molecule has 0 spiro atoms. The van der Waals surface area contributed by atoms with Gasteiger partial charge in [0.2, 0.25) is 5.91 Å². The number of benzene rings is 2. The molecule has 1 aliphatic rings. The lowest BCUT2D eigenvalue weighted by Gasteiger charge is -2.30. The number of rotatable bonds is 10. The van der Waals surface area contributed by atoms with Gasteiger partial charge in [0.25, 0.3) is 5.69 Å². The Labute approximate surface area is 219 Å². The van der Waals surface area contributed by atoms with Gasteiger partial charge in [-0.1, -0.05) is 18.2 Å². The van der Waals surface area contributed by atoms with E-state index in [2.05, 4.69) is 10.6 Å². The van der Waals surface area contributed by atoms with Gasteiger partial charge in [-0.15, -0.1) is 0 Å². The Kier molecular flexibility index (Phi) is 9.20. The van der Waals surface area contributed by atoms with Crippen LogP contribution in [0.3, 0.4) is 0 Å². The Bertz CT molecular complexity index is 1300. The number of hydrogen-bond donors (Lipinski definition) is 2. The van der Waals surface area contributed by atoms with Crippen molar-refractivity contribution in [3.63, 3.8) is 0 Å². The van der Waals surface area contributed by atoms with Crippen LogP contribution >= 0.6 is 0 Å². The third-order valence-corrected chi connectivity index (χ3v) is 5.68. The summed E-state index contributed by atoms with van der Waals surface area (Å²) in [5, 5.41) is 17.5. The fraction of sp³-hybridized carbons (Fsp3) is 0.296. The first-order valence-corrected chi connectivity index (χ1v) is 11.9. The van der Waals surface area contributed by atoms with Gasteiger partial charge in [0.05, 0.1) is 28.6 Å². The van der Waals surface area contributed by atoms with Crippen molar-refractivity contribution < 1.29 is 33.5 Å². The van der Waals surface area contributed by atoms with Crippen molar-refractivity contribution in [2.75, 3.05) is 25.1 Å². The first kappa shape index (κ1) is 27.9. The van der Waals surface area contributed by atoms with E-state index in [9.17, 15) is 24.5 Å². The number of carbonyl (C=O) groups is 3. The van der Waals surface area contributed by atoms with E-state index in [4.69, 9.17) is 14.2 Å². The van der Waals surface area contributed by atoms with Crippen LogP contribution < -0.4 is 15.4 Å². The molecule has 11 heteroatoms. The molecule has 3 rings (SSSR count). The fourth-order valence-electron chi connectivity index (χ4n) is 4.16. The van der Waals surface area contributed by atoms with Crippen molar-refractivity contribution in [3.05, 3.63) is 86.7 Å². The number of allylic oxidation sites excluding steroid dienone is 2. The Balaban J connectivity index is 1.82. The molecule has 0 unspecified atom stereocenters. The highest BCUT2D eigenvalue weighted by atomic mass is 16.6. The summed E-state index contributed by atoms with van der Waals surface area (Å²) in [5.74, 6) is -2.21. The van der Waals surface area contributed by atoms with Crippen LogP contribution in [-0.4, -0.2) is 42.6 Å². The molecule has 0 bridgehead atoms. The second kappa shape index (κ2) is 12.5. The predicted molar refractivity (Wildman–Crippen MR) is 138 cm³/mol. The van der Waals surface area contributed by atoms with Gasteiger partial charge in [-0.3, -0.25) is 14.9 Å². The Hall–Kier alpha value is -4.67. The van der Waals surface area contributed by atoms with Gasteiger partial charge in [0.15, 0.2) is 0 Å². The summed E-state index contributed by atoms with van der Waals surface area (Å²) in [6.07, 6.45) is 0. The lowest BCUT2D eigenvalue weighted by atomic mass is 9.79. The largest absolute Gasteiger partial charge is 0.490 e. The van der Waals surface area contributed by atoms with E-state index in [-0.39, 0.29) is 48.1 Å². The molecule has 0 aliphatic carbocycles. The molecule has 1 heterocycles. The molecule has 2 aromatic rings. The molecule has 0 saturated heterocycles. The Morgan fingerprint density at radius 1 is 0.947 bits per heavy atom. The normalized spacial score (nSPS) is 14.9. The van der Waals surface area contributed by atoms with Crippen LogP contribution in [-0.2, 0) is 23.9 Å². The molecule has 0 aromatic heterocycles. The number of nitrogens with one attached hydrogen (secondary N) is 2. The summed E-state index contributed by atoms with van der Waals surface area (Å²) in [6, 6.07) is 12.6. The molecule has 38 heavy (non-hydrogen) atoms. The fourth-order valence-corrected chi connectivity index (χ4v) is 4.16. The van der Waals surface area contributed by atoms with Crippen LogP contribution in [0.2, 0.25) is 0 Å². The summed E-state index contributed by atoms with van der Waals surface area (Å²) >= 11 is 0. The minimum Gasteiger partial charge on any atom is -0.490 e. The van der Waals surface area contributed by atoms with Crippen molar-refractivity contribution in [1.82, 2.24) is 5.32 Å². The van der Waals surface area contributed by atoms with Gasteiger partial charge in [0.1, 0.15) is 19.0 Å². The van der Waals surface area contributed by atoms with Gasteiger partial charge in [0, 0.05) is 35.6 Å². The molecule has 0 radical (unpaired) electrons. The maximum absolute atomic E-state index is 13.3. The molecule has 2 N–H and O–H groups in total. The van der Waals surface area contributed by atoms with E-state index >= 15 is 0 Å². The molecule has 2 aromatic carbocycles. The maximum Gasteiger partial charge on any atom is 0.336 e. The number of carbonyl (C=O) groups excluding carboxylic acids is 3. The number of dihydropyridines is 1. The van der Waals surface area contributed by atoms with E-state index in [1.807, 2.05) is 0 Å². The highest BCUT2D eigenvalue weighted by Crippen LogP contribution is 2.42. The number of ether oxygens (including phenoxy) is 3. The molecular formula is C27H29N3O8. The van der Waals surface area contributed by atoms with Crippen molar-refractivity contribution in [2.45, 2.75) is 33.6 Å². The van der Waals surface area contributed by atoms with Crippen molar-refractivity contribution >= 4 is 29.2 Å². The van der Waals surface area contributed by atoms with Crippen LogP contribution in [0.25, 0.3) is 0 Å². The smallest absolute Gasteiger partial charge is 0.336 e. The topological polar surface area (TPSA) is 146 Å². The summed E-state index contributed by atoms with van der Waals surface area (Å²) in [6.45, 7) is 6.33. The molecular weight excluding hydrogens is 494 g/mol. The first-order chi connectivity index (χ1) is 18.1. The molecule has 0 fully saturated rings. The molecule has 1 aliphatic heterocycles. The molecule has 1 amide bonds. The summed E-state index contributed by atoms with van der Waals surface area (Å²) in [5.41, 5.74) is 1.53. The van der Waals surface area contributed by atoms with E-state index in [1.165, 1.54) is 25.1 Å². The lowest BCUT2D eigenvalue weighted by molar-refractivity contribution is -0.385. The molecule has 0 saturated carbocycles. The van der Waals surface area contributed by atoms with Gasteiger partial charge < -0.3 is 24.8 Å². The predicted octanol–water partition coefficient (Wildman–Crippen LogP) is 3.97. The Morgan fingerprint density at radius 3 is 2.13 bits per heavy atom. The number of nitrogens with zero attached hydrogens (tertiary/aromatic N) is 1. The van der Waals surface area contributed by atoms with Crippen molar-refractivity contribution in [2.24, 2.45) is 0 Å². The van der Waals surface area contributed by atoms with Gasteiger partial charge >= 0.3 is 11.9 Å². The summed E-state index contributed by atoms with van der Waals surface area (Å²) in [4.78, 5) is 48.6. The highest BCUT2D eigenvalue weighted by molar-refractivity contribution is 6.00. The van der Waals surface area contributed by atoms with E-state index in [0.29, 0.717) is 22.8 Å². The second-order valence-corrected chi connectivity index (χ2v) is 8.36.